The molecule has 1 fully saturated rings. The number of hydrogen-bond donors (Lipinski definition) is 1. The van der Waals surface area contributed by atoms with Crippen LogP contribution in [0.5, 0.6) is 5.75 Å². The third kappa shape index (κ3) is 3.66. The molecule has 2 aliphatic heterocycles. The van der Waals surface area contributed by atoms with Crippen LogP contribution >= 0.6 is 11.6 Å². The molecule has 0 radical (unpaired) electrons. The zero-order valence-corrected chi connectivity index (χ0v) is 19.8. The number of amides is 1. The molecule has 2 aliphatic rings. The number of nitro benzene ring substituents is 1. The number of likely N-dealkylation sites (N-methyl/N-ethyl adjacent to an activating group) is 1. The maximum absolute atomic E-state index is 13.2. The summed E-state index contributed by atoms with van der Waals surface area (Å²) in [6.07, 6.45) is 0. The van der Waals surface area contributed by atoms with Gasteiger partial charge in [0.2, 0.25) is 0 Å². The normalized spacial score (nSPS) is 22.9. The van der Waals surface area contributed by atoms with Crippen molar-refractivity contribution in [1.82, 2.24) is 4.90 Å². The Balaban J connectivity index is 1.42. The first-order valence-corrected chi connectivity index (χ1v) is 11.5. The molecule has 1 amide bonds. The van der Waals surface area contributed by atoms with E-state index >= 15 is 0 Å². The topological polar surface area (TPSA) is 128 Å². The Bertz CT molecular complexity index is 1380. The highest BCUT2D eigenvalue weighted by Crippen LogP contribution is 2.52. The molecule has 11 heteroatoms. The van der Waals surface area contributed by atoms with Gasteiger partial charge in [0.25, 0.3) is 17.6 Å². The first-order valence-electron chi connectivity index (χ1n) is 11.1. The molecule has 1 spiro atoms. The Morgan fingerprint density at radius 2 is 1.83 bits per heavy atom. The number of nitro groups is 2. The van der Waals surface area contributed by atoms with Gasteiger partial charge in [-0.2, -0.15) is 0 Å². The van der Waals surface area contributed by atoms with Crippen molar-refractivity contribution in [3.63, 3.8) is 0 Å². The number of nitrogens with zero attached hydrogens (tertiary/aromatic N) is 3. The van der Waals surface area contributed by atoms with Crippen LogP contribution in [0.15, 0.2) is 66.7 Å². The van der Waals surface area contributed by atoms with Crippen LogP contribution in [0.2, 0.25) is 5.02 Å². The van der Waals surface area contributed by atoms with Crippen molar-refractivity contribution in [2.75, 3.05) is 18.9 Å². The van der Waals surface area contributed by atoms with E-state index in [0.717, 1.165) is 5.56 Å². The van der Waals surface area contributed by atoms with Crippen LogP contribution in [0, 0.1) is 20.2 Å². The van der Waals surface area contributed by atoms with Crippen LogP contribution < -0.4 is 10.1 Å². The van der Waals surface area contributed by atoms with Gasteiger partial charge in [0.15, 0.2) is 5.54 Å². The van der Waals surface area contributed by atoms with Crippen molar-refractivity contribution in [1.29, 1.82) is 0 Å². The second-order valence-corrected chi connectivity index (χ2v) is 9.29. The van der Waals surface area contributed by atoms with Crippen LogP contribution in [0.3, 0.4) is 0 Å². The summed E-state index contributed by atoms with van der Waals surface area (Å²) >= 11 is 6.49. The Labute approximate surface area is 210 Å². The lowest BCUT2D eigenvalue weighted by atomic mass is 9.79. The molecule has 0 bridgehead atoms. The van der Waals surface area contributed by atoms with Crippen LogP contribution in [0.1, 0.15) is 22.6 Å². The van der Waals surface area contributed by atoms with Crippen LogP contribution in [-0.4, -0.2) is 40.3 Å². The lowest BCUT2D eigenvalue weighted by Crippen LogP contribution is -2.54. The van der Waals surface area contributed by atoms with Gasteiger partial charge in [0.05, 0.1) is 15.9 Å². The summed E-state index contributed by atoms with van der Waals surface area (Å²) in [5.41, 5.74) is 1.08. The van der Waals surface area contributed by atoms with Crippen molar-refractivity contribution >= 4 is 28.9 Å². The minimum atomic E-state index is -1.43. The van der Waals surface area contributed by atoms with E-state index in [1.165, 1.54) is 12.1 Å². The SMILES string of the molecule is CN1C[C@H](c2ccc(OCc3ccc([N+](=O)[O-])cc3)c(Cl)c2)[C@H]([N+](=O)[O-])[C@@]12C(=O)Nc1ccccc12. The van der Waals surface area contributed by atoms with Crippen molar-refractivity contribution < 1.29 is 19.4 Å². The molecule has 184 valence electrons. The molecular formula is C25H21ClN4O6. The third-order valence-electron chi connectivity index (χ3n) is 6.97. The lowest BCUT2D eigenvalue weighted by molar-refractivity contribution is -0.534. The number of nitrogens with one attached hydrogen (secondary N) is 1. The fourth-order valence-electron chi connectivity index (χ4n) is 5.32. The van der Waals surface area contributed by atoms with Gasteiger partial charge in [-0.1, -0.05) is 35.9 Å². The molecule has 0 aromatic heterocycles. The van der Waals surface area contributed by atoms with Gasteiger partial charge in [0.1, 0.15) is 12.4 Å². The third-order valence-corrected chi connectivity index (χ3v) is 7.26. The molecule has 0 saturated carbocycles. The Kier molecular flexibility index (Phi) is 5.85. The van der Waals surface area contributed by atoms with Crippen molar-refractivity contribution in [2.45, 2.75) is 24.1 Å². The maximum Gasteiger partial charge on any atom is 0.269 e. The van der Waals surface area contributed by atoms with Gasteiger partial charge < -0.3 is 10.1 Å². The summed E-state index contributed by atoms with van der Waals surface area (Å²) in [7, 11) is 1.72. The van der Waals surface area contributed by atoms with Crippen LogP contribution in [0.25, 0.3) is 0 Å². The van der Waals surface area contributed by atoms with E-state index in [2.05, 4.69) is 5.32 Å². The molecule has 36 heavy (non-hydrogen) atoms. The number of carbonyl (C=O) groups is 1. The zero-order valence-electron chi connectivity index (χ0n) is 19.1. The molecule has 1 saturated heterocycles. The molecule has 0 unspecified atom stereocenters. The average Bonchev–Trinajstić information content (AvgIpc) is 3.33. The minimum absolute atomic E-state index is 0.0145. The van der Waals surface area contributed by atoms with Gasteiger partial charge >= 0.3 is 0 Å². The summed E-state index contributed by atoms with van der Waals surface area (Å²) in [5, 5.41) is 26.3. The van der Waals surface area contributed by atoms with Gasteiger partial charge in [-0.05, 0) is 48.5 Å². The predicted molar refractivity (Wildman–Crippen MR) is 132 cm³/mol. The number of non-ortho nitro benzene ring substituents is 1. The van der Waals surface area contributed by atoms with Crippen LogP contribution in [-0.2, 0) is 16.9 Å². The molecule has 5 rings (SSSR count). The number of fused-ring (bicyclic) bond motifs is 2. The summed E-state index contributed by atoms with van der Waals surface area (Å²) in [6, 6.07) is 16.8. The number of carbonyl (C=O) groups excluding carboxylic acids is 1. The fraction of sp³-hybridized carbons (Fsp3) is 0.240. The summed E-state index contributed by atoms with van der Waals surface area (Å²) in [5.74, 6) is -0.630. The summed E-state index contributed by atoms with van der Waals surface area (Å²) in [4.78, 5) is 37.4. The number of rotatable bonds is 6. The monoisotopic (exact) mass is 508 g/mol. The Hall–Kier alpha value is -4.02. The van der Waals surface area contributed by atoms with E-state index in [9.17, 15) is 25.0 Å². The van der Waals surface area contributed by atoms with Gasteiger partial charge in [-0.25, -0.2) is 0 Å². The van der Waals surface area contributed by atoms with Gasteiger partial charge in [-0.3, -0.25) is 29.9 Å². The van der Waals surface area contributed by atoms with E-state index in [1.807, 2.05) is 0 Å². The van der Waals surface area contributed by atoms with E-state index in [4.69, 9.17) is 16.3 Å². The molecule has 0 aliphatic carbocycles. The standard InChI is InChI=1S/C25H21ClN4O6/c1-28-13-18(23(30(34)35)25(28)19-4-2-3-5-21(19)27-24(25)31)16-8-11-22(20(26)12-16)36-14-15-6-9-17(10-7-15)29(32)33/h2-12,18,23H,13-14H2,1H3,(H,27,31)/t18-,23+,25+/m1/s1. The van der Waals surface area contributed by atoms with Gasteiger partial charge in [0, 0.05) is 34.9 Å². The first kappa shape index (κ1) is 23.7. The maximum atomic E-state index is 13.2. The van der Waals surface area contributed by atoms with Gasteiger partial charge in [-0.15, -0.1) is 0 Å². The van der Waals surface area contributed by atoms with E-state index in [0.29, 0.717) is 22.6 Å². The number of benzene rings is 3. The highest BCUT2D eigenvalue weighted by Gasteiger charge is 2.68. The number of halogens is 1. The van der Waals surface area contributed by atoms with E-state index in [1.54, 1.807) is 66.5 Å². The smallest absolute Gasteiger partial charge is 0.269 e. The average molecular weight is 509 g/mol. The van der Waals surface area contributed by atoms with Crippen molar-refractivity contribution in [3.8, 4) is 5.75 Å². The summed E-state index contributed by atoms with van der Waals surface area (Å²) in [6.45, 7) is 0.424. The molecular weight excluding hydrogens is 488 g/mol. The quantitative estimate of drug-likeness (QED) is 0.387. The molecule has 1 N–H and O–H groups in total. The Morgan fingerprint density at radius 1 is 1.11 bits per heavy atom. The van der Waals surface area contributed by atoms with Crippen molar-refractivity contribution in [2.24, 2.45) is 0 Å². The number of likely N-dealkylation sites (tertiary alicyclic amines) is 1. The highest BCUT2D eigenvalue weighted by molar-refractivity contribution is 6.32. The highest BCUT2D eigenvalue weighted by atomic mass is 35.5. The molecule has 10 nitrogen and oxygen atoms in total. The number of anilines is 1. The predicted octanol–water partition coefficient (Wildman–Crippen LogP) is 4.35. The molecule has 3 atom stereocenters. The number of hydrogen-bond acceptors (Lipinski definition) is 7. The largest absolute Gasteiger partial charge is 0.487 e. The first-order chi connectivity index (χ1) is 17.2. The zero-order chi connectivity index (χ0) is 25.6. The fourth-order valence-corrected chi connectivity index (χ4v) is 5.56. The van der Waals surface area contributed by atoms with Crippen LogP contribution in [0.4, 0.5) is 11.4 Å². The molecule has 3 aromatic rings. The van der Waals surface area contributed by atoms with E-state index in [-0.39, 0.29) is 28.8 Å². The lowest BCUT2D eigenvalue weighted by Gasteiger charge is -2.30. The number of para-hydroxylation sites is 1. The second kappa shape index (κ2) is 8.89. The van der Waals surface area contributed by atoms with Crippen molar-refractivity contribution in [3.05, 3.63) is 109 Å². The summed E-state index contributed by atoms with van der Waals surface area (Å²) < 4.78 is 5.78. The second-order valence-electron chi connectivity index (χ2n) is 8.89. The Morgan fingerprint density at radius 3 is 2.50 bits per heavy atom. The molecule has 2 heterocycles. The number of ether oxygens (including phenoxy) is 1. The minimum Gasteiger partial charge on any atom is -0.487 e. The van der Waals surface area contributed by atoms with E-state index < -0.39 is 28.3 Å². The molecule has 3 aromatic carbocycles.